The van der Waals surface area contributed by atoms with Crippen LogP contribution in [0.25, 0.3) is 11.4 Å². The summed E-state index contributed by atoms with van der Waals surface area (Å²) in [5, 5.41) is 9.95. The lowest BCUT2D eigenvalue weighted by molar-refractivity contribution is -0.121. The first-order chi connectivity index (χ1) is 11.2. The summed E-state index contributed by atoms with van der Waals surface area (Å²) in [6.45, 7) is 0.811. The highest BCUT2D eigenvalue weighted by Gasteiger charge is 2.05. The van der Waals surface area contributed by atoms with Crippen molar-refractivity contribution < 1.29 is 4.79 Å². The predicted octanol–water partition coefficient (Wildman–Crippen LogP) is 1.63. The molecule has 0 aliphatic carbocycles. The number of nitrogens with zero attached hydrogens (tertiary/aromatic N) is 3. The maximum atomic E-state index is 11.3. The zero-order chi connectivity index (χ0) is 16.1. The van der Waals surface area contributed by atoms with Gasteiger partial charge in [-0.3, -0.25) is 9.48 Å². The van der Waals surface area contributed by atoms with Gasteiger partial charge in [0.2, 0.25) is 5.91 Å². The number of likely N-dealkylation sites (N-methyl/N-ethyl adjacent to an activating group) is 1. The van der Waals surface area contributed by atoms with Crippen molar-refractivity contribution in [1.82, 2.24) is 25.1 Å². The first-order valence-electron chi connectivity index (χ1n) is 7.31. The molecule has 0 bridgehead atoms. The van der Waals surface area contributed by atoms with Gasteiger partial charge in [0.25, 0.3) is 0 Å². The molecular weight excluding hydrogens is 292 g/mol. The molecule has 0 aliphatic heterocycles. The van der Waals surface area contributed by atoms with Crippen LogP contribution >= 0.6 is 0 Å². The Morgan fingerprint density at radius 2 is 2.09 bits per heavy atom. The highest BCUT2D eigenvalue weighted by Crippen LogP contribution is 2.15. The van der Waals surface area contributed by atoms with Crippen LogP contribution in [0.4, 0.5) is 5.69 Å². The van der Waals surface area contributed by atoms with Crippen molar-refractivity contribution in [3.05, 3.63) is 54.6 Å². The average molecular weight is 310 g/mol. The highest BCUT2D eigenvalue weighted by molar-refractivity contribution is 5.75. The second-order valence-corrected chi connectivity index (χ2v) is 5.08. The maximum Gasteiger partial charge on any atom is 0.241 e. The number of H-pyrrole nitrogens is 1. The van der Waals surface area contributed by atoms with E-state index in [-0.39, 0.29) is 12.5 Å². The quantitative estimate of drug-likeness (QED) is 0.646. The summed E-state index contributed by atoms with van der Waals surface area (Å²) in [5.74, 6) is 0.762. The van der Waals surface area contributed by atoms with Crippen LogP contribution in [0, 0.1) is 0 Å². The normalized spacial score (nSPS) is 10.5. The number of amides is 1. The first kappa shape index (κ1) is 14.8. The molecule has 2 aromatic heterocycles. The van der Waals surface area contributed by atoms with Crippen LogP contribution < -0.4 is 10.6 Å². The monoisotopic (exact) mass is 310 g/mol. The molecule has 0 saturated heterocycles. The summed E-state index contributed by atoms with van der Waals surface area (Å²) in [6, 6.07) is 9.97. The van der Waals surface area contributed by atoms with Gasteiger partial charge >= 0.3 is 0 Å². The van der Waals surface area contributed by atoms with E-state index in [1.807, 2.05) is 36.5 Å². The SMILES string of the molecule is CNC(=O)Cn1cc(NCc2cnc(-c3ccccc3)[nH]2)cn1. The molecule has 7 heteroatoms. The van der Waals surface area contributed by atoms with Crippen molar-refractivity contribution in [1.29, 1.82) is 0 Å². The number of anilines is 1. The van der Waals surface area contributed by atoms with E-state index in [0.717, 1.165) is 22.8 Å². The minimum Gasteiger partial charge on any atom is -0.377 e. The molecule has 0 atom stereocenters. The van der Waals surface area contributed by atoms with Gasteiger partial charge in [-0.15, -0.1) is 0 Å². The van der Waals surface area contributed by atoms with Gasteiger partial charge in [-0.05, 0) is 0 Å². The van der Waals surface area contributed by atoms with Crippen LogP contribution in [0.5, 0.6) is 0 Å². The summed E-state index contributed by atoms with van der Waals surface area (Å²) in [4.78, 5) is 19.0. The van der Waals surface area contributed by atoms with Crippen molar-refractivity contribution in [3.63, 3.8) is 0 Å². The minimum absolute atomic E-state index is 0.0827. The number of nitrogens with one attached hydrogen (secondary N) is 3. The summed E-state index contributed by atoms with van der Waals surface area (Å²) < 4.78 is 1.59. The van der Waals surface area contributed by atoms with Gasteiger partial charge in [0.05, 0.1) is 30.3 Å². The van der Waals surface area contributed by atoms with E-state index in [1.165, 1.54) is 0 Å². The van der Waals surface area contributed by atoms with Gasteiger partial charge in [-0.1, -0.05) is 30.3 Å². The van der Waals surface area contributed by atoms with Crippen LogP contribution in [-0.4, -0.2) is 32.7 Å². The van der Waals surface area contributed by atoms with Gasteiger partial charge in [0.15, 0.2) is 0 Å². The van der Waals surface area contributed by atoms with Crippen LogP contribution in [0.2, 0.25) is 0 Å². The van der Waals surface area contributed by atoms with Crippen molar-refractivity contribution in [3.8, 4) is 11.4 Å². The maximum absolute atomic E-state index is 11.3. The fourth-order valence-electron chi connectivity index (χ4n) is 2.16. The number of carbonyl (C=O) groups excluding carboxylic acids is 1. The van der Waals surface area contributed by atoms with E-state index in [1.54, 1.807) is 24.1 Å². The Morgan fingerprint density at radius 1 is 1.26 bits per heavy atom. The molecule has 7 nitrogen and oxygen atoms in total. The number of carbonyl (C=O) groups is 1. The third kappa shape index (κ3) is 3.76. The molecule has 3 N–H and O–H groups in total. The molecule has 0 unspecified atom stereocenters. The van der Waals surface area contributed by atoms with Gasteiger partial charge in [0, 0.05) is 18.8 Å². The number of imidazole rings is 1. The molecule has 3 aromatic rings. The van der Waals surface area contributed by atoms with E-state index >= 15 is 0 Å². The molecule has 23 heavy (non-hydrogen) atoms. The van der Waals surface area contributed by atoms with E-state index in [0.29, 0.717) is 6.54 Å². The van der Waals surface area contributed by atoms with E-state index < -0.39 is 0 Å². The van der Waals surface area contributed by atoms with Gasteiger partial charge < -0.3 is 15.6 Å². The average Bonchev–Trinajstić information content (AvgIpc) is 3.23. The Balaban J connectivity index is 1.59. The molecule has 1 amide bonds. The fourth-order valence-corrected chi connectivity index (χ4v) is 2.16. The number of aromatic amines is 1. The minimum atomic E-state index is -0.0827. The van der Waals surface area contributed by atoms with Crippen molar-refractivity contribution in [2.24, 2.45) is 0 Å². The van der Waals surface area contributed by atoms with Crippen molar-refractivity contribution >= 4 is 11.6 Å². The number of benzene rings is 1. The number of hydrogen-bond donors (Lipinski definition) is 3. The Labute approximate surface area is 133 Å². The standard InChI is InChI=1S/C16H18N6O/c1-17-15(23)11-22-10-14(9-20-22)18-7-13-8-19-16(21-13)12-5-3-2-4-6-12/h2-6,8-10,18H,7,11H2,1H3,(H,17,23)(H,19,21). The van der Waals surface area contributed by atoms with Crippen molar-refractivity contribution in [2.45, 2.75) is 13.1 Å². The molecule has 2 heterocycles. The number of rotatable bonds is 6. The van der Waals surface area contributed by atoms with Crippen molar-refractivity contribution in [2.75, 3.05) is 12.4 Å². The lowest BCUT2D eigenvalue weighted by Gasteiger charge is -2.01. The molecular formula is C16H18N6O. The molecule has 118 valence electrons. The largest absolute Gasteiger partial charge is 0.377 e. The van der Waals surface area contributed by atoms with Gasteiger partial charge in [-0.2, -0.15) is 5.10 Å². The molecule has 1 aromatic carbocycles. The summed E-state index contributed by atoms with van der Waals surface area (Å²) in [5.41, 5.74) is 2.88. The van der Waals surface area contributed by atoms with Gasteiger partial charge in [-0.25, -0.2) is 4.98 Å². The van der Waals surface area contributed by atoms with E-state index in [2.05, 4.69) is 25.7 Å². The Hall–Kier alpha value is -3.09. The molecule has 0 saturated carbocycles. The lowest BCUT2D eigenvalue weighted by Crippen LogP contribution is -2.23. The predicted molar refractivity (Wildman–Crippen MR) is 87.6 cm³/mol. The molecule has 0 fully saturated rings. The molecule has 0 spiro atoms. The zero-order valence-electron chi connectivity index (χ0n) is 12.8. The van der Waals surface area contributed by atoms with E-state index in [4.69, 9.17) is 0 Å². The molecule has 0 aliphatic rings. The zero-order valence-corrected chi connectivity index (χ0v) is 12.8. The summed E-state index contributed by atoms with van der Waals surface area (Å²) >= 11 is 0. The highest BCUT2D eigenvalue weighted by atomic mass is 16.1. The van der Waals surface area contributed by atoms with Crippen LogP contribution in [-0.2, 0) is 17.9 Å². The van der Waals surface area contributed by atoms with Crippen LogP contribution in [0.15, 0.2) is 48.9 Å². The fraction of sp³-hybridized carbons (Fsp3) is 0.188. The first-order valence-corrected chi connectivity index (χ1v) is 7.31. The third-order valence-corrected chi connectivity index (χ3v) is 3.38. The number of aromatic nitrogens is 4. The molecule has 3 rings (SSSR count). The van der Waals surface area contributed by atoms with Crippen LogP contribution in [0.1, 0.15) is 5.69 Å². The smallest absolute Gasteiger partial charge is 0.241 e. The second-order valence-electron chi connectivity index (χ2n) is 5.08. The number of hydrogen-bond acceptors (Lipinski definition) is 4. The molecule has 0 radical (unpaired) electrons. The Bertz CT molecular complexity index is 777. The van der Waals surface area contributed by atoms with Crippen LogP contribution in [0.3, 0.4) is 0 Å². The Kier molecular flexibility index (Phi) is 4.37. The second kappa shape index (κ2) is 6.78. The Morgan fingerprint density at radius 3 is 2.87 bits per heavy atom. The van der Waals surface area contributed by atoms with E-state index in [9.17, 15) is 4.79 Å². The third-order valence-electron chi connectivity index (χ3n) is 3.38. The van der Waals surface area contributed by atoms with Gasteiger partial charge in [0.1, 0.15) is 12.4 Å². The topological polar surface area (TPSA) is 87.6 Å². The summed E-state index contributed by atoms with van der Waals surface area (Å²) in [7, 11) is 1.60. The summed E-state index contributed by atoms with van der Waals surface area (Å²) in [6.07, 6.45) is 5.30. The lowest BCUT2D eigenvalue weighted by atomic mass is 10.2.